The van der Waals surface area contributed by atoms with Crippen molar-refractivity contribution in [3.8, 4) is 0 Å². The Balaban J connectivity index is 1.85. The summed E-state index contributed by atoms with van der Waals surface area (Å²) in [6, 6.07) is 10.5. The lowest BCUT2D eigenvalue weighted by atomic mass is 9.78. The third-order valence-electron chi connectivity index (χ3n) is 4.40. The van der Waals surface area contributed by atoms with Crippen LogP contribution in [0.4, 0.5) is 0 Å². The average Bonchev–Trinajstić information content (AvgIpc) is 2.44. The molecule has 0 N–H and O–H groups in total. The Bertz CT molecular complexity index is 415. The molecule has 0 aliphatic heterocycles. The molecule has 1 fully saturated rings. The minimum absolute atomic E-state index is 0.258. The molecule has 0 radical (unpaired) electrons. The van der Waals surface area contributed by atoms with Crippen molar-refractivity contribution in [2.75, 3.05) is 13.6 Å². The molecule has 20 heavy (non-hydrogen) atoms. The molecule has 1 aliphatic carbocycles. The van der Waals surface area contributed by atoms with Crippen LogP contribution in [0.3, 0.4) is 0 Å². The number of carbonyl (C=O) groups is 1. The van der Waals surface area contributed by atoms with Gasteiger partial charge in [-0.2, -0.15) is 0 Å². The van der Waals surface area contributed by atoms with Gasteiger partial charge >= 0.3 is 0 Å². The quantitative estimate of drug-likeness (QED) is 0.783. The first kappa shape index (κ1) is 15.2. The predicted molar refractivity (Wildman–Crippen MR) is 83.5 cm³/mol. The van der Waals surface area contributed by atoms with Crippen LogP contribution in [-0.4, -0.2) is 24.3 Å². The molecule has 2 atom stereocenters. The van der Waals surface area contributed by atoms with Gasteiger partial charge in [0.1, 0.15) is 5.78 Å². The average molecular weight is 273 g/mol. The molecule has 2 heteroatoms. The van der Waals surface area contributed by atoms with Crippen molar-refractivity contribution in [1.82, 2.24) is 4.90 Å². The number of rotatable bonds is 6. The standard InChI is InChI=1S/C18H27NO/c1-3-7-15-10-11-18(20)17(12-15)14-19(2)13-16-8-5-4-6-9-16/h4-6,8-9,15,17H,3,7,10-14H2,1-2H3. The van der Waals surface area contributed by atoms with Crippen LogP contribution in [0.2, 0.25) is 0 Å². The van der Waals surface area contributed by atoms with E-state index in [4.69, 9.17) is 0 Å². The zero-order chi connectivity index (χ0) is 14.4. The van der Waals surface area contributed by atoms with Gasteiger partial charge in [-0.3, -0.25) is 4.79 Å². The van der Waals surface area contributed by atoms with Crippen molar-refractivity contribution in [2.45, 2.75) is 45.6 Å². The fraction of sp³-hybridized carbons (Fsp3) is 0.611. The van der Waals surface area contributed by atoms with Gasteiger partial charge in [-0.15, -0.1) is 0 Å². The molecule has 110 valence electrons. The van der Waals surface area contributed by atoms with Gasteiger partial charge in [-0.25, -0.2) is 0 Å². The molecule has 0 spiro atoms. The van der Waals surface area contributed by atoms with Crippen molar-refractivity contribution in [2.24, 2.45) is 11.8 Å². The smallest absolute Gasteiger partial charge is 0.137 e. The SMILES string of the molecule is CCCC1CCC(=O)C(CN(C)Cc2ccccc2)C1. The van der Waals surface area contributed by atoms with E-state index < -0.39 is 0 Å². The number of Topliss-reactive ketones (excluding diaryl/α,β-unsaturated/α-hetero) is 1. The number of hydrogen-bond acceptors (Lipinski definition) is 2. The van der Waals surface area contributed by atoms with Gasteiger partial charge in [0, 0.05) is 25.4 Å². The maximum absolute atomic E-state index is 12.1. The van der Waals surface area contributed by atoms with Crippen LogP contribution < -0.4 is 0 Å². The van der Waals surface area contributed by atoms with Crippen LogP contribution in [0.25, 0.3) is 0 Å². The molecular formula is C18H27NO. The number of benzene rings is 1. The third kappa shape index (κ3) is 4.45. The minimum atomic E-state index is 0.258. The summed E-state index contributed by atoms with van der Waals surface area (Å²) in [4.78, 5) is 14.4. The van der Waals surface area contributed by atoms with Gasteiger partial charge in [-0.1, -0.05) is 50.1 Å². The van der Waals surface area contributed by atoms with E-state index in [1.54, 1.807) is 0 Å². The molecule has 0 heterocycles. The van der Waals surface area contributed by atoms with E-state index in [1.807, 2.05) is 6.07 Å². The van der Waals surface area contributed by atoms with Crippen LogP contribution in [-0.2, 0) is 11.3 Å². The number of carbonyl (C=O) groups excluding carboxylic acids is 1. The van der Waals surface area contributed by atoms with E-state index in [0.717, 1.165) is 38.3 Å². The molecule has 1 aliphatic rings. The monoisotopic (exact) mass is 273 g/mol. The minimum Gasteiger partial charge on any atom is -0.301 e. The van der Waals surface area contributed by atoms with E-state index in [0.29, 0.717) is 5.78 Å². The van der Waals surface area contributed by atoms with Crippen LogP contribution in [0.1, 0.15) is 44.6 Å². The van der Waals surface area contributed by atoms with Crippen molar-refractivity contribution in [3.63, 3.8) is 0 Å². The normalized spacial score (nSPS) is 23.2. The first-order valence-electron chi connectivity index (χ1n) is 7.94. The highest BCUT2D eigenvalue weighted by atomic mass is 16.1. The highest BCUT2D eigenvalue weighted by molar-refractivity contribution is 5.81. The Kier molecular flexibility index (Phi) is 5.78. The molecule has 1 saturated carbocycles. The lowest BCUT2D eigenvalue weighted by Gasteiger charge is -2.31. The summed E-state index contributed by atoms with van der Waals surface area (Å²) in [5.41, 5.74) is 1.32. The Morgan fingerprint density at radius 3 is 2.70 bits per heavy atom. The van der Waals surface area contributed by atoms with Crippen LogP contribution in [0, 0.1) is 11.8 Å². The molecule has 2 nitrogen and oxygen atoms in total. The molecule has 2 rings (SSSR count). The molecule has 0 saturated heterocycles. The summed E-state index contributed by atoms with van der Waals surface area (Å²) in [5, 5.41) is 0. The zero-order valence-electron chi connectivity index (χ0n) is 12.8. The number of hydrogen-bond donors (Lipinski definition) is 0. The first-order chi connectivity index (χ1) is 9.69. The van der Waals surface area contributed by atoms with E-state index in [9.17, 15) is 4.79 Å². The molecule has 1 aromatic carbocycles. The van der Waals surface area contributed by atoms with Gasteiger partial charge in [0.25, 0.3) is 0 Å². The first-order valence-corrected chi connectivity index (χ1v) is 7.94. The largest absolute Gasteiger partial charge is 0.301 e. The maximum Gasteiger partial charge on any atom is 0.137 e. The van der Waals surface area contributed by atoms with Crippen LogP contribution in [0.5, 0.6) is 0 Å². The van der Waals surface area contributed by atoms with Gasteiger partial charge in [-0.05, 0) is 31.4 Å². The van der Waals surface area contributed by atoms with Crippen LogP contribution in [0.15, 0.2) is 30.3 Å². The van der Waals surface area contributed by atoms with Crippen molar-refractivity contribution < 1.29 is 4.79 Å². The topological polar surface area (TPSA) is 20.3 Å². The predicted octanol–water partition coefficient (Wildman–Crippen LogP) is 3.90. The highest BCUT2D eigenvalue weighted by Crippen LogP contribution is 2.30. The summed E-state index contributed by atoms with van der Waals surface area (Å²) >= 11 is 0. The van der Waals surface area contributed by atoms with E-state index in [2.05, 4.69) is 43.1 Å². The van der Waals surface area contributed by atoms with Crippen LogP contribution >= 0.6 is 0 Å². The summed E-state index contributed by atoms with van der Waals surface area (Å²) < 4.78 is 0. The van der Waals surface area contributed by atoms with E-state index >= 15 is 0 Å². The Morgan fingerprint density at radius 1 is 1.25 bits per heavy atom. The second kappa shape index (κ2) is 7.58. The molecular weight excluding hydrogens is 246 g/mol. The fourth-order valence-electron chi connectivity index (χ4n) is 3.38. The van der Waals surface area contributed by atoms with Crippen molar-refractivity contribution in [3.05, 3.63) is 35.9 Å². The summed E-state index contributed by atoms with van der Waals surface area (Å²) in [5.74, 6) is 1.51. The van der Waals surface area contributed by atoms with Gasteiger partial charge < -0.3 is 4.90 Å². The number of nitrogens with zero attached hydrogens (tertiary/aromatic N) is 1. The Hall–Kier alpha value is -1.15. The highest BCUT2D eigenvalue weighted by Gasteiger charge is 2.28. The second-order valence-electron chi connectivity index (χ2n) is 6.27. The van der Waals surface area contributed by atoms with Gasteiger partial charge in [0.2, 0.25) is 0 Å². The van der Waals surface area contributed by atoms with Crippen molar-refractivity contribution >= 4 is 5.78 Å². The number of ketones is 1. The Morgan fingerprint density at radius 2 is 2.00 bits per heavy atom. The lowest BCUT2D eigenvalue weighted by Crippen LogP contribution is -2.34. The molecule has 2 unspecified atom stereocenters. The summed E-state index contributed by atoms with van der Waals surface area (Å²) in [7, 11) is 2.13. The van der Waals surface area contributed by atoms with Gasteiger partial charge in [0.15, 0.2) is 0 Å². The molecule has 0 aromatic heterocycles. The van der Waals surface area contributed by atoms with E-state index in [1.165, 1.54) is 18.4 Å². The lowest BCUT2D eigenvalue weighted by molar-refractivity contribution is -0.126. The molecule has 0 amide bonds. The second-order valence-corrected chi connectivity index (χ2v) is 6.27. The summed E-state index contributed by atoms with van der Waals surface area (Å²) in [6.07, 6.45) is 5.55. The van der Waals surface area contributed by atoms with Gasteiger partial charge in [0.05, 0.1) is 0 Å². The van der Waals surface area contributed by atoms with Crippen molar-refractivity contribution in [1.29, 1.82) is 0 Å². The Labute approximate surface area is 123 Å². The molecule has 0 bridgehead atoms. The summed E-state index contributed by atoms with van der Waals surface area (Å²) in [6.45, 7) is 4.09. The zero-order valence-corrected chi connectivity index (χ0v) is 12.8. The van der Waals surface area contributed by atoms with E-state index in [-0.39, 0.29) is 5.92 Å². The maximum atomic E-state index is 12.1. The third-order valence-corrected chi connectivity index (χ3v) is 4.40. The fourth-order valence-corrected chi connectivity index (χ4v) is 3.38. The molecule has 1 aromatic rings.